The summed E-state index contributed by atoms with van der Waals surface area (Å²) in [5, 5.41) is 2.11. The fourth-order valence-corrected chi connectivity index (χ4v) is 3.02. The topological polar surface area (TPSA) is 42.1 Å². The van der Waals surface area contributed by atoms with Crippen LogP contribution in [0.5, 0.6) is 0 Å². The van der Waals surface area contributed by atoms with Crippen molar-refractivity contribution in [2.75, 3.05) is 7.05 Å². The lowest BCUT2D eigenvalue weighted by Crippen LogP contribution is -2.36. The Balaban J connectivity index is 2.15. The minimum absolute atomic E-state index is 0.0687. The average molecular weight is 261 g/mol. The molecule has 2 atom stereocenters. The van der Waals surface area contributed by atoms with Gasteiger partial charge in [0.2, 0.25) is 0 Å². The van der Waals surface area contributed by atoms with Gasteiger partial charge in [0.05, 0.1) is 6.04 Å². The standard InChI is InChI=1S/C14H19N3S/c1-11(15)14(12-5-3-7-16-9-12)17(2)10-13-6-4-8-18-13/h3-9,11,14H,10,15H2,1-2H3. The summed E-state index contributed by atoms with van der Waals surface area (Å²) in [6, 6.07) is 8.55. The summed E-state index contributed by atoms with van der Waals surface area (Å²) >= 11 is 1.78. The first-order valence-corrected chi connectivity index (χ1v) is 6.94. The molecule has 2 heterocycles. The third-order valence-electron chi connectivity index (χ3n) is 2.98. The molecule has 0 bridgehead atoms. The van der Waals surface area contributed by atoms with Crippen molar-refractivity contribution in [3.8, 4) is 0 Å². The maximum atomic E-state index is 6.13. The molecule has 3 nitrogen and oxygen atoms in total. The van der Waals surface area contributed by atoms with E-state index in [-0.39, 0.29) is 12.1 Å². The van der Waals surface area contributed by atoms with E-state index in [2.05, 4.69) is 40.5 Å². The number of hydrogen-bond donors (Lipinski definition) is 1. The lowest BCUT2D eigenvalue weighted by atomic mass is 10.0. The summed E-state index contributed by atoms with van der Waals surface area (Å²) in [7, 11) is 2.11. The van der Waals surface area contributed by atoms with Gasteiger partial charge in [0.1, 0.15) is 0 Å². The van der Waals surface area contributed by atoms with Crippen LogP contribution in [0, 0.1) is 0 Å². The molecule has 0 radical (unpaired) electrons. The number of rotatable bonds is 5. The molecule has 0 saturated carbocycles. The maximum absolute atomic E-state index is 6.13. The van der Waals surface area contributed by atoms with E-state index in [1.807, 2.05) is 19.2 Å². The second-order valence-corrected chi connectivity index (χ2v) is 5.62. The predicted molar refractivity (Wildman–Crippen MR) is 76.4 cm³/mol. The fraction of sp³-hybridized carbons (Fsp3) is 0.357. The summed E-state index contributed by atoms with van der Waals surface area (Å²) in [5.74, 6) is 0. The molecule has 2 unspecified atom stereocenters. The third-order valence-corrected chi connectivity index (χ3v) is 3.85. The first-order valence-electron chi connectivity index (χ1n) is 6.06. The quantitative estimate of drug-likeness (QED) is 0.899. The van der Waals surface area contributed by atoms with E-state index in [0.717, 1.165) is 6.54 Å². The Morgan fingerprint density at radius 3 is 2.78 bits per heavy atom. The molecule has 0 aliphatic heterocycles. The van der Waals surface area contributed by atoms with Crippen molar-refractivity contribution in [2.45, 2.75) is 25.6 Å². The van der Waals surface area contributed by atoms with E-state index in [0.29, 0.717) is 0 Å². The largest absolute Gasteiger partial charge is 0.326 e. The number of likely N-dealkylation sites (N-methyl/N-ethyl adjacent to an activating group) is 1. The smallest absolute Gasteiger partial charge is 0.0512 e. The van der Waals surface area contributed by atoms with Crippen LogP contribution in [0.25, 0.3) is 0 Å². The van der Waals surface area contributed by atoms with Crippen molar-refractivity contribution < 1.29 is 0 Å². The van der Waals surface area contributed by atoms with E-state index < -0.39 is 0 Å². The van der Waals surface area contributed by atoms with Crippen LogP contribution in [-0.2, 0) is 6.54 Å². The Labute approximate surface area is 112 Å². The lowest BCUT2D eigenvalue weighted by Gasteiger charge is -2.30. The van der Waals surface area contributed by atoms with Crippen LogP contribution in [0.1, 0.15) is 23.4 Å². The van der Waals surface area contributed by atoms with Crippen molar-refractivity contribution >= 4 is 11.3 Å². The second-order valence-electron chi connectivity index (χ2n) is 4.58. The van der Waals surface area contributed by atoms with Crippen LogP contribution in [0.2, 0.25) is 0 Å². The zero-order chi connectivity index (χ0) is 13.0. The number of hydrogen-bond acceptors (Lipinski definition) is 4. The molecule has 0 aromatic carbocycles. The average Bonchev–Trinajstić information content (AvgIpc) is 2.83. The molecule has 0 amide bonds. The van der Waals surface area contributed by atoms with Gasteiger partial charge in [0, 0.05) is 29.9 Å². The Morgan fingerprint density at radius 1 is 1.39 bits per heavy atom. The first kappa shape index (κ1) is 13.2. The highest BCUT2D eigenvalue weighted by Crippen LogP contribution is 2.24. The Kier molecular flexibility index (Phi) is 4.47. The van der Waals surface area contributed by atoms with Crippen molar-refractivity contribution in [3.63, 3.8) is 0 Å². The SMILES string of the molecule is CC(N)C(c1cccnc1)N(C)Cc1cccs1. The highest BCUT2D eigenvalue weighted by Gasteiger charge is 2.21. The number of nitrogens with zero attached hydrogens (tertiary/aromatic N) is 2. The van der Waals surface area contributed by atoms with Crippen molar-refractivity contribution in [1.82, 2.24) is 9.88 Å². The zero-order valence-corrected chi connectivity index (χ0v) is 11.6. The zero-order valence-electron chi connectivity index (χ0n) is 10.8. The molecular formula is C14H19N3S. The van der Waals surface area contributed by atoms with Crippen LogP contribution in [0.4, 0.5) is 0 Å². The summed E-state index contributed by atoms with van der Waals surface area (Å²) < 4.78 is 0. The molecule has 0 aliphatic carbocycles. The fourth-order valence-electron chi connectivity index (χ4n) is 2.26. The van der Waals surface area contributed by atoms with E-state index in [4.69, 9.17) is 5.73 Å². The van der Waals surface area contributed by atoms with Gasteiger partial charge in [-0.15, -0.1) is 11.3 Å². The number of nitrogens with two attached hydrogens (primary N) is 1. The van der Waals surface area contributed by atoms with Gasteiger partial charge in [-0.1, -0.05) is 12.1 Å². The first-order chi connectivity index (χ1) is 8.68. The highest BCUT2D eigenvalue weighted by molar-refractivity contribution is 7.09. The molecular weight excluding hydrogens is 242 g/mol. The second kappa shape index (κ2) is 6.09. The number of aromatic nitrogens is 1. The van der Waals surface area contributed by atoms with Gasteiger partial charge in [-0.2, -0.15) is 0 Å². The van der Waals surface area contributed by atoms with E-state index in [9.17, 15) is 0 Å². The normalized spacial score (nSPS) is 14.7. The van der Waals surface area contributed by atoms with Gasteiger partial charge in [-0.25, -0.2) is 0 Å². The Hall–Kier alpha value is -1.23. The molecule has 2 aromatic rings. The molecule has 0 spiro atoms. The maximum Gasteiger partial charge on any atom is 0.0512 e. The molecule has 2 aromatic heterocycles. The van der Waals surface area contributed by atoms with Crippen LogP contribution >= 0.6 is 11.3 Å². The summed E-state index contributed by atoms with van der Waals surface area (Å²) in [4.78, 5) is 7.83. The van der Waals surface area contributed by atoms with Crippen molar-refractivity contribution in [2.24, 2.45) is 5.73 Å². The van der Waals surface area contributed by atoms with Crippen LogP contribution in [0.15, 0.2) is 42.0 Å². The monoisotopic (exact) mass is 261 g/mol. The summed E-state index contributed by atoms with van der Waals surface area (Å²) in [6.45, 7) is 2.96. The molecule has 0 fully saturated rings. The van der Waals surface area contributed by atoms with Crippen LogP contribution < -0.4 is 5.73 Å². The molecule has 18 heavy (non-hydrogen) atoms. The van der Waals surface area contributed by atoms with Crippen LogP contribution in [-0.4, -0.2) is 23.0 Å². The predicted octanol–water partition coefficient (Wildman–Crippen LogP) is 2.66. The summed E-state index contributed by atoms with van der Waals surface area (Å²) in [6.07, 6.45) is 3.69. The van der Waals surface area contributed by atoms with Crippen LogP contribution in [0.3, 0.4) is 0 Å². The number of thiophene rings is 1. The minimum Gasteiger partial charge on any atom is -0.326 e. The molecule has 2 rings (SSSR count). The van der Waals surface area contributed by atoms with Gasteiger partial charge in [-0.3, -0.25) is 9.88 Å². The van der Waals surface area contributed by atoms with Gasteiger partial charge in [0.15, 0.2) is 0 Å². The molecule has 0 saturated heterocycles. The van der Waals surface area contributed by atoms with Gasteiger partial charge < -0.3 is 5.73 Å². The van der Waals surface area contributed by atoms with E-state index in [1.54, 1.807) is 17.5 Å². The Morgan fingerprint density at radius 2 is 2.22 bits per heavy atom. The van der Waals surface area contributed by atoms with Crippen molar-refractivity contribution in [3.05, 3.63) is 52.5 Å². The summed E-state index contributed by atoms with van der Waals surface area (Å²) in [5.41, 5.74) is 7.31. The molecule has 4 heteroatoms. The highest BCUT2D eigenvalue weighted by atomic mass is 32.1. The lowest BCUT2D eigenvalue weighted by molar-refractivity contribution is 0.212. The van der Waals surface area contributed by atoms with Gasteiger partial charge in [0.25, 0.3) is 0 Å². The van der Waals surface area contributed by atoms with Gasteiger partial charge >= 0.3 is 0 Å². The van der Waals surface area contributed by atoms with E-state index in [1.165, 1.54) is 10.4 Å². The number of pyridine rings is 1. The third kappa shape index (κ3) is 3.16. The molecule has 2 N–H and O–H groups in total. The minimum atomic E-state index is 0.0687. The van der Waals surface area contributed by atoms with Crippen molar-refractivity contribution in [1.29, 1.82) is 0 Å². The van der Waals surface area contributed by atoms with E-state index >= 15 is 0 Å². The molecule has 0 aliphatic rings. The molecule has 96 valence electrons. The van der Waals surface area contributed by atoms with Gasteiger partial charge in [-0.05, 0) is 37.0 Å². The Bertz CT molecular complexity index is 453.